The lowest BCUT2D eigenvalue weighted by Crippen LogP contribution is -2.21. The number of halogens is 1. The van der Waals surface area contributed by atoms with E-state index in [1.807, 2.05) is 0 Å². The van der Waals surface area contributed by atoms with Gasteiger partial charge in [-0.15, -0.1) is 0 Å². The Labute approximate surface area is 84.2 Å². The number of carboxylic acids is 1. The van der Waals surface area contributed by atoms with Crippen LogP contribution in [0.4, 0.5) is 4.39 Å². The molecular formula is C9H8FNO4. The van der Waals surface area contributed by atoms with Crippen LogP contribution in [-0.4, -0.2) is 17.9 Å². The third kappa shape index (κ3) is 1.59. The lowest BCUT2D eigenvalue weighted by atomic mass is 10.1. The van der Waals surface area contributed by atoms with Gasteiger partial charge < -0.3 is 20.3 Å². The first kappa shape index (κ1) is 9.72. The maximum absolute atomic E-state index is 13.4. The highest BCUT2D eigenvalue weighted by molar-refractivity contribution is 5.75. The van der Waals surface area contributed by atoms with E-state index in [-0.39, 0.29) is 18.1 Å². The molecule has 0 bridgehead atoms. The number of carbonyl (C=O) groups is 1. The molecule has 3 N–H and O–H groups in total. The number of nitrogens with two attached hydrogens (primary N) is 1. The van der Waals surface area contributed by atoms with E-state index in [1.54, 1.807) is 0 Å². The Balaban J connectivity index is 2.44. The van der Waals surface area contributed by atoms with Crippen LogP contribution in [0.5, 0.6) is 11.5 Å². The third-order valence-electron chi connectivity index (χ3n) is 2.09. The van der Waals surface area contributed by atoms with Crippen molar-refractivity contribution in [1.82, 2.24) is 0 Å². The molecule has 0 aromatic heterocycles. The molecule has 0 spiro atoms. The van der Waals surface area contributed by atoms with E-state index in [1.165, 1.54) is 6.07 Å². The maximum Gasteiger partial charge on any atom is 0.325 e. The monoisotopic (exact) mass is 213 g/mol. The van der Waals surface area contributed by atoms with Crippen molar-refractivity contribution < 1.29 is 23.8 Å². The minimum Gasteiger partial charge on any atom is -0.480 e. The highest BCUT2D eigenvalue weighted by atomic mass is 19.1. The summed E-state index contributed by atoms with van der Waals surface area (Å²) in [4.78, 5) is 10.6. The molecule has 0 saturated carbocycles. The molecule has 2 rings (SSSR count). The molecule has 1 heterocycles. The van der Waals surface area contributed by atoms with E-state index in [0.717, 1.165) is 6.07 Å². The Kier molecular flexibility index (Phi) is 2.20. The zero-order valence-corrected chi connectivity index (χ0v) is 7.57. The molecule has 5 nitrogen and oxygen atoms in total. The molecule has 0 amide bonds. The van der Waals surface area contributed by atoms with Crippen LogP contribution in [-0.2, 0) is 4.79 Å². The standard InChI is InChI=1S/C9H8FNO4/c10-5-2-7-6(14-3-15-7)1-4(5)8(11)9(12)13/h1-2,8H,3,11H2,(H,12,13). The summed E-state index contributed by atoms with van der Waals surface area (Å²) in [6.45, 7) is 0.000532. The van der Waals surface area contributed by atoms with Crippen LogP contribution >= 0.6 is 0 Å². The maximum atomic E-state index is 13.4. The molecular weight excluding hydrogens is 205 g/mol. The summed E-state index contributed by atoms with van der Waals surface area (Å²) in [6.07, 6.45) is 0. The molecule has 80 valence electrons. The second kappa shape index (κ2) is 3.39. The molecule has 6 heteroatoms. The number of hydrogen-bond donors (Lipinski definition) is 2. The molecule has 0 aliphatic carbocycles. The Morgan fingerprint density at radius 2 is 2.07 bits per heavy atom. The van der Waals surface area contributed by atoms with Crippen molar-refractivity contribution in [1.29, 1.82) is 0 Å². The number of hydrogen-bond acceptors (Lipinski definition) is 4. The predicted octanol–water partition coefficient (Wildman–Crippen LogP) is 0.639. The molecule has 1 unspecified atom stereocenters. The van der Waals surface area contributed by atoms with Gasteiger partial charge in [0.05, 0.1) is 0 Å². The fourth-order valence-electron chi connectivity index (χ4n) is 1.30. The van der Waals surface area contributed by atoms with Gasteiger partial charge in [0.15, 0.2) is 11.5 Å². The number of ether oxygens (including phenoxy) is 2. The lowest BCUT2D eigenvalue weighted by molar-refractivity contribution is -0.138. The summed E-state index contributed by atoms with van der Waals surface area (Å²) in [6, 6.07) is 0.913. The van der Waals surface area contributed by atoms with E-state index in [0.29, 0.717) is 5.75 Å². The summed E-state index contributed by atoms with van der Waals surface area (Å²) >= 11 is 0. The van der Waals surface area contributed by atoms with Gasteiger partial charge in [-0.1, -0.05) is 0 Å². The third-order valence-corrected chi connectivity index (χ3v) is 2.09. The van der Waals surface area contributed by atoms with E-state index >= 15 is 0 Å². The SMILES string of the molecule is NC(C(=O)O)c1cc2c(cc1F)OCO2. The topological polar surface area (TPSA) is 81.8 Å². The van der Waals surface area contributed by atoms with Crippen molar-refractivity contribution in [3.63, 3.8) is 0 Å². The van der Waals surface area contributed by atoms with Gasteiger partial charge in [-0.05, 0) is 6.07 Å². The van der Waals surface area contributed by atoms with E-state index in [4.69, 9.17) is 20.3 Å². The largest absolute Gasteiger partial charge is 0.480 e. The minimum atomic E-state index is -1.40. The van der Waals surface area contributed by atoms with Gasteiger partial charge >= 0.3 is 5.97 Å². The fraction of sp³-hybridized carbons (Fsp3) is 0.222. The van der Waals surface area contributed by atoms with Crippen LogP contribution in [0.25, 0.3) is 0 Å². The first-order valence-electron chi connectivity index (χ1n) is 4.17. The van der Waals surface area contributed by atoms with Gasteiger partial charge in [0.25, 0.3) is 0 Å². The molecule has 0 radical (unpaired) electrons. The van der Waals surface area contributed by atoms with Crippen molar-refractivity contribution in [2.45, 2.75) is 6.04 Å². The molecule has 1 aliphatic rings. The normalized spacial score (nSPS) is 15.1. The Morgan fingerprint density at radius 3 is 2.67 bits per heavy atom. The predicted molar refractivity (Wildman–Crippen MR) is 47.1 cm³/mol. The van der Waals surface area contributed by atoms with Gasteiger partial charge in [-0.2, -0.15) is 0 Å². The highest BCUT2D eigenvalue weighted by Gasteiger charge is 2.23. The molecule has 1 aliphatic heterocycles. The number of fused-ring (bicyclic) bond motifs is 1. The van der Waals surface area contributed by atoms with Crippen molar-refractivity contribution in [2.24, 2.45) is 5.73 Å². The van der Waals surface area contributed by atoms with Crippen LogP contribution < -0.4 is 15.2 Å². The van der Waals surface area contributed by atoms with E-state index < -0.39 is 17.8 Å². The average Bonchev–Trinajstić information content (AvgIpc) is 2.62. The molecule has 0 fully saturated rings. The second-order valence-corrected chi connectivity index (χ2v) is 3.04. The van der Waals surface area contributed by atoms with E-state index in [9.17, 15) is 9.18 Å². The highest BCUT2D eigenvalue weighted by Crippen LogP contribution is 2.35. The number of rotatable bonds is 2. The summed E-state index contributed by atoms with van der Waals surface area (Å²) in [5, 5.41) is 8.64. The number of benzene rings is 1. The van der Waals surface area contributed by atoms with Crippen LogP contribution in [0, 0.1) is 5.82 Å². The van der Waals surface area contributed by atoms with Gasteiger partial charge in [0.2, 0.25) is 6.79 Å². The summed E-state index contributed by atoms with van der Waals surface area (Å²) < 4.78 is 23.3. The zero-order chi connectivity index (χ0) is 11.0. The molecule has 0 saturated heterocycles. The number of aliphatic carboxylic acids is 1. The van der Waals surface area contributed by atoms with Crippen molar-refractivity contribution in [2.75, 3.05) is 6.79 Å². The fourth-order valence-corrected chi connectivity index (χ4v) is 1.30. The Bertz CT molecular complexity index is 421. The average molecular weight is 213 g/mol. The quantitative estimate of drug-likeness (QED) is 0.753. The van der Waals surface area contributed by atoms with Gasteiger partial charge in [0, 0.05) is 11.6 Å². The van der Waals surface area contributed by atoms with Gasteiger partial charge in [0.1, 0.15) is 11.9 Å². The van der Waals surface area contributed by atoms with Crippen LogP contribution in [0.15, 0.2) is 12.1 Å². The van der Waals surface area contributed by atoms with Crippen molar-refractivity contribution in [3.05, 3.63) is 23.5 Å². The van der Waals surface area contributed by atoms with Crippen LogP contribution in [0.3, 0.4) is 0 Å². The smallest absolute Gasteiger partial charge is 0.325 e. The van der Waals surface area contributed by atoms with E-state index in [2.05, 4.69) is 0 Å². The zero-order valence-electron chi connectivity index (χ0n) is 7.57. The lowest BCUT2D eigenvalue weighted by Gasteiger charge is -2.08. The van der Waals surface area contributed by atoms with Crippen molar-refractivity contribution >= 4 is 5.97 Å². The summed E-state index contributed by atoms with van der Waals surface area (Å²) in [5.41, 5.74) is 5.18. The Morgan fingerprint density at radius 1 is 1.47 bits per heavy atom. The molecule has 15 heavy (non-hydrogen) atoms. The molecule has 1 aromatic carbocycles. The Hall–Kier alpha value is -1.82. The first-order chi connectivity index (χ1) is 7.09. The first-order valence-corrected chi connectivity index (χ1v) is 4.17. The van der Waals surface area contributed by atoms with Crippen LogP contribution in [0.2, 0.25) is 0 Å². The number of carboxylic acid groups (broad SMARTS) is 1. The summed E-state index contributed by atoms with van der Waals surface area (Å²) in [5.74, 6) is -1.45. The van der Waals surface area contributed by atoms with Crippen molar-refractivity contribution in [3.8, 4) is 11.5 Å². The second-order valence-electron chi connectivity index (χ2n) is 3.04. The van der Waals surface area contributed by atoms with Gasteiger partial charge in [-0.25, -0.2) is 4.39 Å². The molecule has 1 atom stereocenters. The molecule has 1 aromatic rings. The van der Waals surface area contributed by atoms with Gasteiger partial charge in [-0.3, -0.25) is 4.79 Å². The van der Waals surface area contributed by atoms with Crippen LogP contribution in [0.1, 0.15) is 11.6 Å². The minimum absolute atomic E-state index is 0.000532. The summed E-state index contributed by atoms with van der Waals surface area (Å²) in [7, 11) is 0.